The summed E-state index contributed by atoms with van der Waals surface area (Å²) in [4.78, 5) is 4.44. The van der Waals surface area contributed by atoms with Crippen LogP contribution in [0.15, 0.2) is 35.3 Å². The highest BCUT2D eigenvalue weighted by molar-refractivity contribution is 7.98. The van der Waals surface area contributed by atoms with Crippen LogP contribution in [0.3, 0.4) is 0 Å². The normalized spacial score (nSPS) is 13.5. The van der Waals surface area contributed by atoms with Crippen molar-refractivity contribution in [1.82, 2.24) is 0 Å². The second kappa shape index (κ2) is 7.17. The molecular formula is C12H19N3S. The van der Waals surface area contributed by atoms with E-state index < -0.39 is 0 Å². The Labute approximate surface area is 102 Å². The molecule has 1 aromatic rings. The van der Waals surface area contributed by atoms with Crippen LogP contribution >= 0.6 is 11.8 Å². The molecule has 88 valence electrons. The highest BCUT2D eigenvalue weighted by Crippen LogP contribution is 2.07. The molecule has 16 heavy (non-hydrogen) atoms. The predicted molar refractivity (Wildman–Crippen MR) is 74.1 cm³/mol. The lowest BCUT2D eigenvalue weighted by Crippen LogP contribution is -2.25. The molecule has 3 N–H and O–H groups in total. The van der Waals surface area contributed by atoms with E-state index in [0.717, 1.165) is 17.9 Å². The van der Waals surface area contributed by atoms with E-state index in [-0.39, 0.29) is 0 Å². The minimum absolute atomic E-state index is 0.297. The number of hydrogen-bond donors (Lipinski definition) is 2. The minimum Gasteiger partial charge on any atom is -0.370 e. The van der Waals surface area contributed by atoms with Gasteiger partial charge in [-0.1, -0.05) is 25.1 Å². The average molecular weight is 237 g/mol. The van der Waals surface area contributed by atoms with E-state index in [9.17, 15) is 0 Å². The van der Waals surface area contributed by atoms with Crippen LogP contribution < -0.4 is 11.1 Å². The standard InChI is InChI=1S/C12H19N3S/c1-3-10(9-16-2)14-12(13)15-11-7-5-4-6-8-11/h4-8,10H,3,9H2,1-2H3,(H3,13,14,15). The van der Waals surface area contributed by atoms with E-state index in [1.54, 1.807) is 11.8 Å². The van der Waals surface area contributed by atoms with Crippen molar-refractivity contribution in [1.29, 1.82) is 0 Å². The van der Waals surface area contributed by atoms with Crippen molar-refractivity contribution in [2.45, 2.75) is 19.4 Å². The Balaban J connectivity index is 2.56. The first-order chi connectivity index (χ1) is 7.76. The Kier molecular flexibility index (Phi) is 5.78. The molecule has 0 fully saturated rings. The molecule has 4 heteroatoms. The van der Waals surface area contributed by atoms with E-state index in [1.807, 2.05) is 30.3 Å². The molecule has 0 amide bonds. The Morgan fingerprint density at radius 2 is 2.12 bits per heavy atom. The average Bonchev–Trinajstić information content (AvgIpc) is 2.29. The van der Waals surface area contributed by atoms with Gasteiger partial charge in [-0.05, 0) is 24.8 Å². The summed E-state index contributed by atoms with van der Waals surface area (Å²) in [6.45, 7) is 2.13. The zero-order chi connectivity index (χ0) is 11.8. The number of para-hydroxylation sites is 1. The maximum absolute atomic E-state index is 5.84. The maximum atomic E-state index is 5.84. The SMILES string of the molecule is CCC(CSC)N=C(N)Nc1ccccc1. The largest absolute Gasteiger partial charge is 0.370 e. The van der Waals surface area contributed by atoms with Crippen molar-refractivity contribution in [2.24, 2.45) is 10.7 Å². The fraction of sp³-hybridized carbons (Fsp3) is 0.417. The third-order valence-corrected chi connectivity index (χ3v) is 2.92. The lowest BCUT2D eigenvalue weighted by molar-refractivity contribution is 0.726. The predicted octanol–water partition coefficient (Wildman–Crippen LogP) is 2.55. The lowest BCUT2D eigenvalue weighted by Gasteiger charge is -2.11. The van der Waals surface area contributed by atoms with Gasteiger partial charge in [0, 0.05) is 11.4 Å². The lowest BCUT2D eigenvalue weighted by atomic mass is 10.3. The van der Waals surface area contributed by atoms with Gasteiger partial charge >= 0.3 is 0 Å². The van der Waals surface area contributed by atoms with E-state index in [0.29, 0.717) is 12.0 Å². The Bertz CT molecular complexity index is 324. The minimum atomic E-state index is 0.297. The van der Waals surface area contributed by atoms with Crippen LogP contribution in [0.2, 0.25) is 0 Å². The molecular weight excluding hydrogens is 218 g/mol. The molecule has 0 bridgehead atoms. The number of anilines is 1. The van der Waals surface area contributed by atoms with Crippen molar-refractivity contribution >= 4 is 23.4 Å². The van der Waals surface area contributed by atoms with E-state index in [2.05, 4.69) is 23.5 Å². The molecule has 3 nitrogen and oxygen atoms in total. The van der Waals surface area contributed by atoms with Crippen LogP contribution in [0.4, 0.5) is 5.69 Å². The maximum Gasteiger partial charge on any atom is 0.193 e. The van der Waals surface area contributed by atoms with Gasteiger partial charge in [-0.2, -0.15) is 11.8 Å². The van der Waals surface area contributed by atoms with Crippen molar-refractivity contribution in [2.75, 3.05) is 17.3 Å². The third-order valence-electron chi connectivity index (χ3n) is 2.20. The summed E-state index contributed by atoms with van der Waals surface area (Å²) in [5.41, 5.74) is 6.82. The monoisotopic (exact) mass is 237 g/mol. The molecule has 0 aliphatic carbocycles. The van der Waals surface area contributed by atoms with Gasteiger partial charge in [0.2, 0.25) is 0 Å². The van der Waals surface area contributed by atoms with Gasteiger partial charge in [0.25, 0.3) is 0 Å². The number of guanidine groups is 1. The molecule has 0 saturated heterocycles. The van der Waals surface area contributed by atoms with Crippen LogP contribution in [0.25, 0.3) is 0 Å². The number of nitrogens with two attached hydrogens (primary N) is 1. The van der Waals surface area contributed by atoms with Crippen molar-refractivity contribution in [3.8, 4) is 0 Å². The van der Waals surface area contributed by atoms with Crippen molar-refractivity contribution in [3.63, 3.8) is 0 Å². The first-order valence-corrected chi connectivity index (χ1v) is 6.80. The molecule has 0 aromatic heterocycles. The van der Waals surface area contributed by atoms with E-state index in [4.69, 9.17) is 5.73 Å². The number of aliphatic imine (C=N–C) groups is 1. The molecule has 0 aliphatic heterocycles. The van der Waals surface area contributed by atoms with Gasteiger partial charge in [-0.25, -0.2) is 4.99 Å². The van der Waals surface area contributed by atoms with Gasteiger partial charge in [0.1, 0.15) is 0 Å². The van der Waals surface area contributed by atoms with Crippen molar-refractivity contribution in [3.05, 3.63) is 30.3 Å². The number of hydrogen-bond acceptors (Lipinski definition) is 2. The molecule has 0 saturated carbocycles. The van der Waals surface area contributed by atoms with Crippen LogP contribution in [0.5, 0.6) is 0 Å². The summed E-state index contributed by atoms with van der Waals surface area (Å²) in [5.74, 6) is 1.50. The van der Waals surface area contributed by atoms with Gasteiger partial charge in [-0.3, -0.25) is 0 Å². The zero-order valence-corrected chi connectivity index (χ0v) is 10.6. The fourth-order valence-corrected chi connectivity index (χ4v) is 2.03. The van der Waals surface area contributed by atoms with Crippen LogP contribution in [0, 0.1) is 0 Å². The van der Waals surface area contributed by atoms with Crippen LogP contribution in [-0.2, 0) is 0 Å². The fourth-order valence-electron chi connectivity index (χ4n) is 1.34. The Morgan fingerprint density at radius 1 is 1.44 bits per heavy atom. The quantitative estimate of drug-likeness (QED) is 0.611. The van der Waals surface area contributed by atoms with Gasteiger partial charge in [0.05, 0.1) is 6.04 Å². The summed E-state index contributed by atoms with van der Waals surface area (Å²) in [6, 6.07) is 10.1. The summed E-state index contributed by atoms with van der Waals surface area (Å²) >= 11 is 1.79. The number of thioether (sulfide) groups is 1. The second-order valence-corrected chi connectivity index (χ2v) is 4.43. The van der Waals surface area contributed by atoms with Gasteiger partial charge in [0.15, 0.2) is 5.96 Å². The van der Waals surface area contributed by atoms with Gasteiger partial charge in [-0.15, -0.1) is 0 Å². The van der Waals surface area contributed by atoms with E-state index in [1.165, 1.54) is 0 Å². The second-order valence-electron chi connectivity index (χ2n) is 3.52. The summed E-state index contributed by atoms with van der Waals surface area (Å²) < 4.78 is 0. The Morgan fingerprint density at radius 3 is 2.69 bits per heavy atom. The van der Waals surface area contributed by atoms with E-state index >= 15 is 0 Å². The smallest absolute Gasteiger partial charge is 0.193 e. The molecule has 1 aromatic carbocycles. The van der Waals surface area contributed by atoms with Crippen LogP contribution in [-0.4, -0.2) is 24.0 Å². The first kappa shape index (κ1) is 12.9. The molecule has 1 atom stereocenters. The van der Waals surface area contributed by atoms with Crippen molar-refractivity contribution < 1.29 is 0 Å². The molecule has 0 aliphatic rings. The summed E-state index contributed by atoms with van der Waals surface area (Å²) in [6.07, 6.45) is 3.09. The topological polar surface area (TPSA) is 50.4 Å². The third kappa shape index (κ3) is 4.57. The number of benzene rings is 1. The molecule has 0 heterocycles. The molecule has 0 radical (unpaired) electrons. The zero-order valence-electron chi connectivity index (χ0n) is 9.81. The molecule has 1 rings (SSSR count). The van der Waals surface area contributed by atoms with Gasteiger partial charge < -0.3 is 11.1 Å². The highest BCUT2D eigenvalue weighted by atomic mass is 32.2. The number of nitrogens with zero attached hydrogens (tertiary/aromatic N) is 1. The number of nitrogens with one attached hydrogen (secondary N) is 1. The molecule has 1 unspecified atom stereocenters. The van der Waals surface area contributed by atoms with Crippen LogP contribution in [0.1, 0.15) is 13.3 Å². The summed E-state index contributed by atoms with van der Waals surface area (Å²) in [7, 11) is 0. The summed E-state index contributed by atoms with van der Waals surface area (Å²) in [5, 5.41) is 3.08. The Hall–Kier alpha value is -1.16. The first-order valence-electron chi connectivity index (χ1n) is 5.40. The highest BCUT2D eigenvalue weighted by Gasteiger charge is 2.03. The molecule has 0 spiro atoms. The number of rotatable bonds is 5.